The molecule has 7 heteroatoms. The van der Waals surface area contributed by atoms with E-state index >= 15 is 0 Å². The summed E-state index contributed by atoms with van der Waals surface area (Å²) in [6.07, 6.45) is 2.86. The van der Waals surface area contributed by atoms with Crippen molar-refractivity contribution < 1.29 is 19.1 Å². The third-order valence-corrected chi connectivity index (χ3v) is 6.09. The highest BCUT2D eigenvalue weighted by Gasteiger charge is 2.27. The van der Waals surface area contributed by atoms with Crippen LogP contribution >= 0.6 is 0 Å². The summed E-state index contributed by atoms with van der Waals surface area (Å²) in [4.78, 5) is 40.6. The molecule has 1 heterocycles. The van der Waals surface area contributed by atoms with Crippen LogP contribution in [0.1, 0.15) is 68.4 Å². The summed E-state index contributed by atoms with van der Waals surface area (Å²) in [7, 11) is 0. The van der Waals surface area contributed by atoms with Crippen LogP contribution in [-0.2, 0) is 16.0 Å². The molecule has 35 heavy (non-hydrogen) atoms. The third-order valence-electron chi connectivity index (χ3n) is 6.09. The van der Waals surface area contributed by atoms with E-state index in [-0.39, 0.29) is 17.9 Å². The topological polar surface area (TPSA) is 87.7 Å². The average molecular weight is 480 g/mol. The van der Waals surface area contributed by atoms with Gasteiger partial charge in [0.25, 0.3) is 5.91 Å². The smallest absolute Gasteiger partial charge is 0.408 e. The molecule has 1 aliphatic heterocycles. The number of rotatable bonds is 6. The molecular weight excluding hydrogens is 442 g/mol. The Labute approximate surface area is 208 Å². The standard InChI is InChI=1S/C28H37N3O4/c1-19-17-22(26(33)31-16-10-9-11-20(31)2)14-15-23(19)29-25(32)24(18-21-12-7-6-8-13-21)30-27(34)35-28(3,4)5/h6-8,12-15,17,20,24H,9-11,16,18H2,1-5H3,(H,29,32)(H,30,34). The highest BCUT2D eigenvalue weighted by Crippen LogP contribution is 2.23. The maximum Gasteiger partial charge on any atom is 0.408 e. The molecule has 2 N–H and O–H groups in total. The van der Waals surface area contributed by atoms with Gasteiger partial charge < -0.3 is 20.3 Å². The van der Waals surface area contributed by atoms with Gasteiger partial charge in [0, 0.05) is 30.3 Å². The first-order valence-electron chi connectivity index (χ1n) is 12.3. The number of hydrogen-bond acceptors (Lipinski definition) is 4. The zero-order chi connectivity index (χ0) is 25.6. The number of likely N-dealkylation sites (tertiary alicyclic amines) is 1. The predicted molar refractivity (Wildman–Crippen MR) is 137 cm³/mol. The van der Waals surface area contributed by atoms with Crippen LogP contribution in [0, 0.1) is 6.92 Å². The first kappa shape index (κ1) is 26.3. The highest BCUT2D eigenvalue weighted by atomic mass is 16.6. The zero-order valence-electron chi connectivity index (χ0n) is 21.4. The summed E-state index contributed by atoms with van der Waals surface area (Å²) in [5.41, 5.74) is 2.23. The number of hydrogen-bond donors (Lipinski definition) is 2. The summed E-state index contributed by atoms with van der Waals surface area (Å²) in [6.45, 7) is 10.0. The summed E-state index contributed by atoms with van der Waals surface area (Å²) < 4.78 is 5.37. The lowest BCUT2D eigenvalue weighted by molar-refractivity contribution is -0.118. The van der Waals surface area contributed by atoms with Crippen molar-refractivity contribution >= 4 is 23.6 Å². The minimum atomic E-state index is -0.831. The van der Waals surface area contributed by atoms with Crippen LogP contribution in [0.15, 0.2) is 48.5 Å². The van der Waals surface area contributed by atoms with Gasteiger partial charge in [0.1, 0.15) is 11.6 Å². The number of piperidine rings is 1. The molecule has 2 aromatic rings. The molecule has 0 aromatic heterocycles. The molecule has 0 radical (unpaired) electrons. The van der Waals surface area contributed by atoms with E-state index in [9.17, 15) is 14.4 Å². The van der Waals surface area contributed by atoms with Crippen molar-refractivity contribution in [3.63, 3.8) is 0 Å². The molecule has 2 unspecified atom stereocenters. The number of anilines is 1. The van der Waals surface area contributed by atoms with E-state index in [1.165, 1.54) is 0 Å². The molecular formula is C28H37N3O4. The number of amides is 3. The lowest BCUT2D eigenvalue weighted by Gasteiger charge is -2.33. The molecule has 2 atom stereocenters. The monoisotopic (exact) mass is 479 g/mol. The van der Waals surface area contributed by atoms with E-state index in [4.69, 9.17) is 4.74 Å². The lowest BCUT2D eigenvalue weighted by atomic mass is 10.0. The molecule has 188 valence electrons. The molecule has 0 aliphatic carbocycles. The van der Waals surface area contributed by atoms with Gasteiger partial charge >= 0.3 is 6.09 Å². The first-order valence-corrected chi connectivity index (χ1v) is 12.3. The van der Waals surface area contributed by atoms with E-state index in [0.29, 0.717) is 17.7 Å². The highest BCUT2D eigenvalue weighted by molar-refractivity contribution is 5.99. The number of carbonyl (C=O) groups is 3. The number of aryl methyl sites for hydroxylation is 1. The summed E-state index contributed by atoms with van der Waals surface area (Å²) in [6, 6.07) is 14.2. The summed E-state index contributed by atoms with van der Waals surface area (Å²) >= 11 is 0. The van der Waals surface area contributed by atoms with Crippen molar-refractivity contribution in [2.75, 3.05) is 11.9 Å². The molecule has 0 saturated carbocycles. The van der Waals surface area contributed by atoms with Gasteiger partial charge in [-0.25, -0.2) is 4.79 Å². The van der Waals surface area contributed by atoms with Crippen LogP contribution in [0.2, 0.25) is 0 Å². The van der Waals surface area contributed by atoms with Crippen molar-refractivity contribution in [1.29, 1.82) is 0 Å². The van der Waals surface area contributed by atoms with E-state index in [1.807, 2.05) is 48.2 Å². The molecule has 1 aliphatic rings. The van der Waals surface area contributed by atoms with Crippen molar-refractivity contribution in [2.24, 2.45) is 0 Å². The summed E-state index contributed by atoms with van der Waals surface area (Å²) in [5, 5.41) is 5.62. The Kier molecular flexibility index (Phi) is 8.54. The minimum absolute atomic E-state index is 0.0201. The van der Waals surface area contributed by atoms with E-state index in [1.54, 1.807) is 32.9 Å². The zero-order valence-corrected chi connectivity index (χ0v) is 21.4. The predicted octanol–water partition coefficient (Wildman–Crippen LogP) is 5.08. The van der Waals surface area contributed by atoms with Gasteiger partial charge in [-0.15, -0.1) is 0 Å². The molecule has 1 fully saturated rings. The van der Waals surface area contributed by atoms with Gasteiger partial charge in [-0.2, -0.15) is 0 Å². The number of carbonyl (C=O) groups excluding carboxylic acids is 3. The van der Waals surface area contributed by atoms with Crippen LogP contribution in [-0.4, -0.2) is 47.0 Å². The maximum absolute atomic E-state index is 13.2. The molecule has 3 amide bonds. The van der Waals surface area contributed by atoms with Crippen LogP contribution < -0.4 is 10.6 Å². The van der Waals surface area contributed by atoms with Gasteiger partial charge in [0.15, 0.2) is 0 Å². The lowest BCUT2D eigenvalue weighted by Crippen LogP contribution is -2.47. The summed E-state index contributed by atoms with van der Waals surface area (Å²) in [5.74, 6) is -0.335. The number of nitrogens with zero attached hydrogens (tertiary/aromatic N) is 1. The SMILES string of the molecule is Cc1cc(C(=O)N2CCCCC2C)ccc1NC(=O)C(Cc1ccccc1)NC(=O)OC(C)(C)C. The van der Waals surface area contributed by atoms with Crippen LogP contribution in [0.3, 0.4) is 0 Å². The Balaban J connectivity index is 1.74. The second-order valence-corrected chi connectivity index (χ2v) is 10.3. The van der Waals surface area contributed by atoms with E-state index < -0.39 is 17.7 Å². The third kappa shape index (κ3) is 7.57. The van der Waals surface area contributed by atoms with Crippen molar-refractivity contribution in [2.45, 2.75) is 78.0 Å². The van der Waals surface area contributed by atoms with Gasteiger partial charge in [-0.05, 0) is 83.2 Å². The van der Waals surface area contributed by atoms with Gasteiger partial charge in [0.2, 0.25) is 5.91 Å². The molecule has 7 nitrogen and oxygen atoms in total. The molecule has 0 spiro atoms. The minimum Gasteiger partial charge on any atom is -0.444 e. The number of nitrogens with one attached hydrogen (secondary N) is 2. The van der Waals surface area contributed by atoms with Gasteiger partial charge in [0.05, 0.1) is 0 Å². The Morgan fingerprint density at radius 1 is 1.09 bits per heavy atom. The molecule has 2 aromatic carbocycles. The number of benzene rings is 2. The Morgan fingerprint density at radius 3 is 2.43 bits per heavy atom. The Bertz CT molecular complexity index is 1050. The van der Waals surface area contributed by atoms with Crippen molar-refractivity contribution in [1.82, 2.24) is 10.2 Å². The van der Waals surface area contributed by atoms with E-state index in [2.05, 4.69) is 17.6 Å². The second-order valence-electron chi connectivity index (χ2n) is 10.3. The molecule has 3 rings (SSSR count). The maximum atomic E-state index is 13.2. The quantitative estimate of drug-likeness (QED) is 0.605. The van der Waals surface area contributed by atoms with Crippen LogP contribution in [0.25, 0.3) is 0 Å². The van der Waals surface area contributed by atoms with Crippen LogP contribution in [0.5, 0.6) is 0 Å². The largest absolute Gasteiger partial charge is 0.444 e. The average Bonchev–Trinajstić information content (AvgIpc) is 2.79. The fraction of sp³-hybridized carbons (Fsp3) is 0.464. The van der Waals surface area contributed by atoms with Crippen LogP contribution in [0.4, 0.5) is 10.5 Å². The number of ether oxygens (including phenoxy) is 1. The Morgan fingerprint density at radius 2 is 1.80 bits per heavy atom. The normalized spacial score (nSPS) is 16.8. The van der Waals surface area contributed by atoms with E-state index in [0.717, 1.165) is 36.9 Å². The van der Waals surface area contributed by atoms with Crippen molar-refractivity contribution in [3.05, 3.63) is 65.2 Å². The molecule has 0 bridgehead atoms. The van der Waals surface area contributed by atoms with Gasteiger partial charge in [-0.3, -0.25) is 9.59 Å². The van der Waals surface area contributed by atoms with Gasteiger partial charge in [-0.1, -0.05) is 30.3 Å². The molecule has 1 saturated heterocycles. The second kappa shape index (κ2) is 11.4. The fourth-order valence-electron chi connectivity index (χ4n) is 4.23. The first-order chi connectivity index (χ1) is 16.5. The number of alkyl carbamates (subject to hydrolysis) is 1. The fourth-order valence-corrected chi connectivity index (χ4v) is 4.23. The van der Waals surface area contributed by atoms with Crippen molar-refractivity contribution in [3.8, 4) is 0 Å². The Hall–Kier alpha value is -3.35.